The highest BCUT2D eigenvalue weighted by atomic mass is 32.2. The minimum atomic E-state index is -3.77. The number of aryl methyl sites for hydroxylation is 2. The normalized spacial score (nSPS) is 24.2. The van der Waals surface area contributed by atoms with Gasteiger partial charge in [0.2, 0.25) is 10.0 Å². The van der Waals surface area contributed by atoms with E-state index >= 15 is 0 Å². The molecule has 0 aliphatic heterocycles. The van der Waals surface area contributed by atoms with Gasteiger partial charge in [0.15, 0.2) is 0 Å². The third-order valence-corrected chi connectivity index (χ3v) is 6.08. The zero-order chi connectivity index (χ0) is 16.9. The minimum Gasteiger partial charge on any atom is -0.361 e. The summed E-state index contributed by atoms with van der Waals surface area (Å²) in [5.74, 6) is -3.98. The van der Waals surface area contributed by atoms with Crippen LogP contribution in [0, 0.1) is 25.2 Å². The molecule has 2 atom stereocenters. The van der Waals surface area contributed by atoms with Crippen LogP contribution in [0.1, 0.15) is 37.8 Å². The first kappa shape index (κ1) is 17.3. The first-order chi connectivity index (χ1) is 9.88. The highest BCUT2D eigenvalue weighted by Gasteiger charge is 2.75. The van der Waals surface area contributed by atoms with Crippen LogP contribution in [0.2, 0.25) is 0 Å². The number of hydrogen-bond acceptors (Lipinski definition) is 4. The second-order valence-corrected chi connectivity index (χ2v) is 8.50. The summed E-state index contributed by atoms with van der Waals surface area (Å²) in [5.41, 5.74) is 0.290. The molecule has 1 aromatic rings. The highest BCUT2D eigenvalue weighted by Crippen LogP contribution is 2.65. The number of nitrogens with one attached hydrogen (secondary N) is 1. The molecule has 22 heavy (non-hydrogen) atoms. The Hall–Kier alpha value is -1.02. The third-order valence-electron chi connectivity index (χ3n) is 4.54. The quantitative estimate of drug-likeness (QED) is 0.866. The van der Waals surface area contributed by atoms with Gasteiger partial charge in [-0.3, -0.25) is 0 Å². The molecule has 1 N–H and O–H groups in total. The molecule has 8 heteroatoms. The standard InChI is InChI=1S/C14H22F2N2O3S/c1-8(6-11-9(2)17-21-10(11)3)18-22(19,20)7-12-13(4,5)14(12,15)16/h8,12,18H,6-7H2,1-5H3. The summed E-state index contributed by atoms with van der Waals surface area (Å²) in [4.78, 5) is 0. The summed E-state index contributed by atoms with van der Waals surface area (Å²) < 4.78 is 58.7. The monoisotopic (exact) mass is 336 g/mol. The van der Waals surface area contributed by atoms with Crippen LogP contribution in [0.15, 0.2) is 4.52 Å². The predicted molar refractivity (Wildman–Crippen MR) is 78.3 cm³/mol. The Morgan fingerprint density at radius 3 is 2.32 bits per heavy atom. The van der Waals surface area contributed by atoms with Gasteiger partial charge in [0.05, 0.1) is 11.4 Å². The number of halogens is 2. The van der Waals surface area contributed by atoms with Crippen LogP contribution < -0.4 is 4.72 Å². The van der Waals surface area contributed by atoms with Crippen molar-refractivity contribution in [2.75, 3.05) is 5.75 Å². The predicted octanol–water partition coefficient (Wildman–Crippen LogP) is 2.43. The van der Waals surface area contributed by atoms with Crippen molar-refractivity contribution in [3.63, 3.8) is 0 Å². The molecule has 0 aromatic carbocycles. The van der Waals surface area contributed by atoms with Crippen molar-refractivity contribution < 1.29 is 21.7 Å². The molecular weight excluding hydrogens is 314 g/mol. The van der Waals surface area contributed by atoms with Gasteiger partial charge < -0.3 is 4.52 Å². The number of nitrogens with zero attached hydrogens (tertiary/aromatic N) is 1. The highest BCUT2D eigenvalue weighted by molar-refractivity contribution is 7.89. The molecule has 1 aliphatic carbocycles. The summed E-state index contributed by atoms with van der Waals surface area (Å²) in [7, 11) is -3.77. The van der Waals surface area contributed by atoms with Crippen molar-refractivity contribution in [1.82, 2.24) is 9.88 Å². The molecule has 0 spiro atoms. The molecule has 0 amide bonds. The number of hydrogen-bond donors (Lipinski definition) is 1. The summed E-state index contributed by atoms with van der Waals surface area (Å²) in [6.07, 6.45) is 0.408. The molecular formula is C14H22F2N2O3S. The molecule has 1 fully saturated rings. The van der Waals surface area contributed by atoms with Gasteiger partial charge in [-0.05, 0) is 27.2 Å². The smallest absolute Gasteiger partial charge is 0.258 e. The van der Waals surface area contributed by atoms with Gasteiger partial charge in [0.25, 0.3) is 5.92 Å². The Labute approximate surface area is 129 Å². The van der Waals surface area contributed by atoms with E-state index in [2.05, 4.69) is 9.88 Å². The Kier molecular flexibility index (Phi) is 4.15. The fraction of sp³-hybridized carbons (Fsp3) is 0.786. The lowest BCUT2D eigenvalue weighted by atomic mass is 10.1. The lowest BCUT2D eigenvalue weighted by Crippen LogP contribution is -2.37. The fourth-order valence-electron chi connectivity index (χ4n) is 2.79. The molecule has 1 heterocycles. The lowest BCUT2D eigenvalue weighted by Gasteiger charge is -2.14. The van der Waals surface area contributed by atoms with E-state index in [1.165, 1.54) is 13.8 Å². The van der Waals surface area contributed by atoms with Gasteiger partial charge in [-0.15, -0.1) is 0 Å². The number of alkyl halides is 2. The van der Waals surface area contributed by atoms with E-state index < -0.39 is 39.1 Å². The molecule has 1 saturated carbocycles. The molecule has 0 radical (unpaired) electrons. The van der Waals surface area contributed by atoms with Crippen molar-refractivity contribution in [3.05, 3.63) is 17.0 Å². The van der Waals surface area contributed by atoms with Crippen LogP contribution in [-0.4, -0.2) is 31.3 Å². The Morgan fingerprint density at radius 2 is 1.91 bits per heavy atom. The zero-order valence-corrected chi connectivity index (χ0v) is 14.2. The van der Waals surface area contributed by atoms with Crippen molar-refractivity contribution in [2.24, 2.45) is 11.3 Å². The molecule has 1 aliphatic rings. The summed E-state index contributed by atoms with van der Waals surface area (Å²) >= 11 is 0. The van der Waals surface area contributed by atoms with Gasteiger partial charge in [-0.2, -0.15) is 0 Å². The number of rotatable bonds is 6. The topological polar surface area (TPSA) is 72.2 Å². The maximum absolute atomic E-state index is 13.5. The molecule has 1 aromatic heterocycles. The molecule has 5 nitrogen and oxygen atoms in total. The van der Waals surface area contributed by atoms with E-state index in [-0.39, 0.29) is 0 Å². The SMILES string of the molecule is Cc1noc(C)c1CC(C)NS(=O)(=O)CC1C(C)(C)C1(F)F. The van der Waals surface area contributed by atoms with E-state index in [0.29, 0.717) is 17.9 Å². The Balaban J connectivity index is 1.98. The van der Waals surface area contributed by atoms with Gasteiger partial charge >= 0.3 is 0 Å². The zero-order valence-electron chi connectivity index (χ0n) is 13.4. The van der Waals surface area contributed by atoms with Crippen LogP contribution in [0.5, 0.6) is 0 Å². The van der Waals surface area contributed by atoms with Crippen LogP contribution in [0.4, 0.5) is 8.78 Å². The average Bonchev–Trinajstić information content (AvgIpc) is 2.62. The van der Waals surface area contributed by atoms with Crippen molar-refractivity contribution in [3.8, 4) is 0 Å². The van der Waals surface area contributed by atoms with Gasteiger partial charge in [-0.25, -0.2) is 21.9 Å². The van der Waals surface area contributed by atoms with Crippen molar-refractivity contribution in [1.29, 1.82) is 0 Å². The van der Waals surface area contributed by atoms with Crippen molar-refractivity contribution >= 4 is 10.0 Å². The third kappa shape index (κ3) is 3.03. The largest absolute Gasteiger partial charge is 0.361 e. The lowest BCUT2D eigenvalue weighted by molar-refractivity contribution is 0.0684. The van der Waals surface area contributed by atoms with E-state index in [1.807, 2.05) is 0 Å². The maximum atomic E-state index is 13.5. The molecule has 126 valence electrons. The second kappa shape index (κ2) is 5.26. The summed E-state index contributed by atoms with van der Waals surface area (Å²) in [6, 6.07) is -0.419. The average molecular weight is 336 g/mol. The van der Waals surface area contributed by atoms with Crippen molar-refractivity contribution in [2.45, 2.75) is 53.0 Å². The minimum absolute atomic E-state index is 0.408. The van der Waals surface area contributed by atoms with Gasteiger partial charge in [0.1, 0.15) is 5.76 Å². The summed E-state index contributed by atoms with van der Waals surface area (Å²) in [5, 5.41) is 3.81. The van der Waals surface area contributed by atoms with E-state index in [9.17, 15) is 17.2 Å². The van der Waals surface area contributed by atoms with E-state index in [4.69, 9.17) is 4.52 Å². The fourth-order valence-corrected chi connectivity index (χ4v) is 4.64. The Morgan fingerprint density at radius 1 is 1.36 bits per heavy atom. The van der Waals surface area contributed by atoms with E-state index in [1.54, 1.807) is 20.8 Å². The first-order valence-corrected chi connectivity index (χ1v) is 8.83. The number of sulfonamides is 1. The van der Waals surface area contributed by atoms with Crippen LogP contribution in [-0.2, 0) is 16.4 Å². The molecule has 2 unspecified atom stereocenters. The van der Waals surface area contributed by atoms with Gasteiger partial charge in [-0.1, -0.05) is 19.0 Å². The molecule has 0 saturated heterocycles. The number of aromatic nitrogens is 1. The van der Waals surface area contributed by atoms with E-state index in [0.717, 1.165) is 5.56 Å². The van der Waals surface area contributed by atoms with Crippen LogP contribution in [0.25, 0.3) is 0 Å². The summed E-state index contributed by atoms with van der Waals surface area (Å²) in [6.45, 7) is 8.00. The maximum Gasteiger partial charge on any atom is 0.258 e. The Bertz CT molecular complexity index is 634. The molecule has 2 rings (SSSR count). The van der Waals surface area contributed by atoms with Gasteiger partial charge in [0, 0.05) is 22.9 Å². The molecule has 0 bridgehead atoms. The van der Waals surface area contributed by atoms with Crippen LogP contribution in [0.3, 0.4) is 0 Å². The van der Waals surface area contributed by atoms with Crippen LogP contribution >= 0.6 is 0 Å². The second-order valence-electron chi connectivity index (χ2n) is 6.70. The first-order valence-electron chi connectivity index (χ1n) is 7.18.